The molecule has 15 heavy (non-hydrogen) atoms. The molecule has 0 radical (unpaired) electrons. The standard InChI is InChI=1S/C11H13FN2O/c12-9-4-1-2-5-10(9)14-7-3-6-13-11(15)8-14/h1-2,4-5H,3,6-8H2,(H,13,15). The number of halogens is 1. The number of para-hydroxylation sites is 1. The minimum atomic E-state index is -0.271. The number of nitrogens with one attached hydrogen (secondary N) is 1. The van der Waals surface area contributed by atoms with Crippen LogP contribution >= 0.6 is 0 Å². The maximum atomic E-state index is 13.5. The second kappa shape index (κ2) is 4.29. The van der Waals surface area contributed by atoms with Gasteiger partial charge in [-0.1, -0.05) is 12.1 Å². The van der Waals surface area contributed by atoms with Crippen molar-refractivity contribution in [3.05, 3.63) is 30.1 Å². The van der Waals surface area contributed by atoms with Crippen molar-refractivity contribution >= 4 is 11.6 Å². The van der Waals surface area contributed by atoms with Crippen molar-refractivity contribution in [2.24, 2.45) is 0 Å². The van der Waals surface area contributed by atoms with Crippen LogP contribution in [0.1, 0.15) is 6.42 Å². The van der Waals surface area contributed by atoms with Gasteiger partial charge in [-0.3, -0.25) is 4.79 Å². The Hall–Kier alpha value is -1.58. The summed E-state index contributed by atoms with van der Waals surface area (Å²) in [5.74, 6) is -0.317. The van der Waals surface area contributed by atoms with Crippen molar-refractivity contribution < 1.29 is 9.18 Å². The monoisotopic (exact) mass is 208 g/mol. The second-order valence-corrected chi connectivity index (χ2v) is 3.58. The first-order chi connectivity index (χ1) is 7.27. The second-order valence-electron chi connectivity index (χ2n) is 3.58. The Morgan fingerprint density at radius 2 is 2.13 bits per heavy atom. The van der Waals surface area contributed by atoms with Gasteiger partial charge in [0.05, 0.1) is 12.2 Å². The summed E-state index contributed by atoms with van der Waals surface area (Å²) in [5, 5.41) is 2.76. The van der Waals surface area contributed by atoms with Crippen LogP contribution in [0.5, 0.6) is 0 Å². The third-order valence-electron chi connectivity index (χ3n) is 2.45. The molecule has 1 amide bonds. The van der Waals surface area contributed by atoms with Crippen LogP contribution in [0.3, 0.4) is 0 Å². The lowest BCUT2D eigenvalue weighted by Gasteiger charge is -2.21. The van der Waals surface area contributed by atoms with Crippen LogP contribution in [0.4, 0.5) is 10.1 Å². The number of benzene rings is 1. The number of rotatable bonds is 1. The molecule has 0 spiro atoms. The third-order valence-corrected chi connectivity index (χ3v) is 2.45. The lowest BCUT2D eigenvalue weighted by Crippen LogP contribution is -2.33. The summed E-state index contributed by atoms with van der Waals surface area (Å²) in [4.78, 5) is 13.1. The van der Waals surface area contributed by atoms with E-state index in [0.717, 1.165) is 6.42 Å². The smallest absolute Gasteiger partial charge is 0.239 e. The zero-order chi connectivity index (χ0) is 10.7. The molecule has 0 atom stereocenters. The number of amides is 1. The fourth-order valence-electron chi connectivity index (χ4n) is 1.72. The summed E-state index contributed by atoms with van der Waals surface area (Å²) in [5.41, 5.74) is 0.509. The van der Waals surface area contributed by atoms with E-state index in [-0.39, 0.29) is 18.3 Å². The molecular formula is C11H13FN2O. The Balaban J connectivity index is 2.22. The minimum absolute atomic E-state index is 0.0456. The predicted octanol–water partition coefficient (Wildman–Crippen LogP) is 1.15. The van der Waals surface area contributed by atoms with E-state index >= 15 is 0 Å². The SMILES string of the molecule is O=C1CN(c2ccccc2F)CCCN1. The highest BCUT2D eigenvalue weighted by Gasteiger charge is 2.16. The molecule has 0 saturated carbocycles. The minimum Gasteiger partial charge on any atom is -0.360 e. The summed E-state index contributed by atoms with van der Waals surface area (Å²) < 4.78 is 13.5. The van der Waals surface area contributed by atoms with E-state index in [1.807, 2.05) is 0 Å². The molecule has 1 aliphatic heterocycles. The molecule has 1 heterocycles. The molecular weight excluding hydrogens is 195 g/mol. The van der Waals surface area contributed by atoms with E-state index in [1.54, 1.807) is 23.1 Å². The average molecular weight is 208 g/mol. The zero-order valence-corrected chi connectivity index (χ0v) is 8.37. The highest BCUT2D eigenvalue weighted by Crippen LogP contribution is 2.19. The van der Waals surface area contributed by atoms with E-state index in [2.05, 4.69) is 5.32 Å². The molecule has 1 saturated heterocycles. The molecule has 0 bridgehead atoms. The van der Waals surface area contributed by atoms with Crippen LogP contribution < -0.4 is 10.2 Å². The lowest BCUT2D eigenvalue weighted by molar-refractivity contribution is -0.119. The van der Waals surface area contributed by atoms with Crippen molar-refractivity contribution in [1.82, 2.24) is 5.32 Å². The van der Waals surface area contributed by atoms with Crippen molar-refractivity contribution in [3.63, 3.8) is 0 Å². The first kappa shape index (κ1) is 9.96. The lowest BCUT2D eigenvalue weighted by atomic mass is 10.2. The van der Waals surface area contributed by atoms with Crippen LogP contribution in [0.15, 0.2) is 24.3 Å². The fraction of sp³-hybridized carbons (Fsp3) is 0.364. The molecule has 4 heteroatoms. The van der Waals surface area contributed by atoms with Gasteiger partial charge in [-0.2, -0.15) is 0 Å². The summed E-state index contributed by atoms with van der Waals surface area (Å²) in [7, 11) is 0. The van der Waals surface area contributed by atoms with Crippen molar-refractivity contribution in [3.8, 4) is 0 Å². The maximum absolute atomic E-state index is 13.5. The molecule has 0 unspecified atom stereocenters. The number of carbonyl (C=O) groups excluding carboxylic acids is 1. The molecule has 0 aliphatic carbocycles. The van der Waals surface area contributed by atoms with Gasteiger partial charge >= 0.3 is 0 Å². The first-order valence-corrected chi connectivity index (χ1v) is 5.03. The molecule has 2 rings (SSSR count). The Labute approximate surface area is 87.9 Å². The summed E-state index contributed by atoms with van der Waals surface area (Å²) in [6.07, 6.45) is 0.847. The quantitative estimate of drug-likeness (QED) is 0.751. The molecule has 1 aromatic rings. The van der Waals surface area contributed by atoms with Gasteiger partial charge in [0.15, 0.2) is 0 Å². The molecule has 1 aliphatic rings. The predicted molar refractivity (Wildman–Crippen MR) is 56.2 cm³/mol. The summed E-state index contributed by atoms with van der Waals surface area (Å²) >= 11 is 0. The van der Waals surface area contributed by atoms with E-state index in [0.29, 0.717) is 18.8 Å². The molecule has 0 aromatic heterocycles. The normalized spacial score (nSPS) is 17.1. The Bertz CT molecular complexity index is 367. The van der Waals surface area contributed by atoms with Crippen LogP contribution in [-0.2, 0) is 4.79 Å². The van der Waals surface area contributed by atoms with Gasteiger partial charge in [0.25, 0.3) is 0 Å². The highest BCUT2D eigenvalue weighted by molar-refractivity contribution is 5.81. The largest absolute Gasteiger partial charge is 0.360 e. The van der Waals surface area contributed by atoms with E-state index in [1.165, 1.54) is 6.07 Å². The van der Waals surface area contributed by atoms with Gasteiger partial charge < -0.3 is 10.2 Å². The van der Waals surface area contributed by atoms with Crippen LogP contribution in [0.2, 0.25) is 0 Å². The fourth-order valence-corrected chi connectivity index (χ4v) is 1.72. The Kier molecular flexibility index (Phi) is 2.85. The topological polar surface area (TPSA) is 32.3 Å². The van der Waals surface area contributed by atoms with Crippen molar-refractivity contribution in [2.45, 2.75) is 6.42 Å². The van der Waals surface area contributed by atoms with Gasteiger partial charge in [-0.05, 0) is 18.6 Å². The van der Waals surface area contributed by atoms with Crippen LogP contribution in [0.25, 0.3) is 0 Å². The Morgan fingerprint density at radius 1 is 1.33 bits per heavy atom. The molecule has 1 N–H and O–H groups in total. The number of carbonyl (C=O) groups is 1. The van der Waals surface area contributed by atoms with Crippen molar-refractivity contribution in [2.75, 3.05) is 24.5 Å². The number of hydrogen-bond donors (Lipinski definition) is 1. The maximum Gasteiger partial charge on any atom is 0.239 e. The van der Waals surface area contributed by atoms with Gasteiger partial charge in [0.2, 0.25) is 5.91 Å². The third kappa shape index (κ3) is 2.26. The zero-order valence-electron chi connectivity index (χ0n) is 8.37. The van der Waals surface area contributed by atoms with Gasteiger partial charge in [-0.15, -0.1) is 0 Å². The van der Waals surface area contributed by atoms with Gasteiger partial charge in [0.1, 0.15) is 5.82 Å². The molecule has 80 valence electrons. The highest BCUT2D eigenvalue weighted by atomic mass is 19.1. The van der Waals surface area contributed by atoms with E-state index in [9.17, 15) is 9.18 Å². The van der Waals surface area contributed by atoms with Gasteiger partial charge in [0, 0.05) is 13.1 Å². The van der Waals surface area contributed by atoms with Gasteiger partial charge in [-0.25, -0.2) is 4.39 Å². The average Bonchev–Trinajstić information content (AvgIpc) is 2.43. The van der Waals surface area contributed by atoms with Crippen molar-refractivity contribution in [1.29, 1.82) is 0 Å². The Morgan fingerprint density at radius 3 is 2.93 bits per heavy atom. The first-order valence-electron chi connectivity index (χ1n) is 5.03. The molecule has 1 fully saturated rings. The van der Waals surface area contributed by atoms with Crippen LogP contribution in [0, 0.1) is 5.82 Å². The molecule has 3 nitrogen and oxygen atoms in total. The summed E-state index contributed by atoms with van der Waals surface area (Å²) in [6.45, 7) is 1.62. The summed E-state index contributed by atoms with van der Waals surface area (Å²) in [6, 6.07) is 6.55. The number of nitrogens with zero attached hydrogens (tertiary/aromatic N) is 1. The van der Waals surface area contributed by atoms with E-state index < -0.39 is 0 Å². The molecule has 1 aromatic carbocycles. The number of hydrogen-bond acceptors (Lipinski definition) is 2. The number of anilines is 1. The van der Waals surface area contributed by atoms with Crippen LogP contribution in [-0.4, -0.2) is 25.5 Å². The van der Waals surface area contributed by atoms with E-state index in [4.69, 9.17) is 0 Å².